The molecule has 1 aromatic rings. The largest absolute Gasteiger partial charge is 0.127 e. The Morgan fingerprint density at radius 1 is 1.43 bits per heavy atom. The Labute approximate surface area is 100 Å². The fourth-order valence-electron chi connectivity index (χ4n) is 1.35. The summed E-state index contributed by atoms with van der Waals surface area (Å²) in [4.78, 5) is 1.21. The quantitative estimate of drug-likeness (QED) is 0.474. The van der Waals surface area contributed by atoms with Gasteiger partial charge >= 0.3 is 0 Å². The molecule has 0 bridgehead atoms. The summed E-state index contributed by atoms with van der Waals surface area (Å²) in [7, 11) is 0. The van der Waals surface area contributed by atoms with E-state index in [-0.39, 0.29) is 5.38 Å². The van der Waals surface area contributed by atoms with Crippen LogP contribution in [0.5, 0.6) is 0 Å². The maximum atomic E-state index is 6.28. The van der Waals surface area contributed by atoms with Gasteiger partial charge in [-0.2, -0.15) is 0 Å². The molecule has 0 radical (unpaired) electrons. The van der Waals surface area contributed by atoms with Gasteiger partial charge in [-0.15, -0.1) is 22.9 Å². The van der Waals surface area contributed by atoms with E-state index in [0.29, 0.717) is 0 Å². The molecule has 0 aliphatic rings. The van der Waals surface area contributed by atoms with Crippen LogP contribution >= 0.6 is 34.5 Å². The maximum absolute atomic E-state index is 6.28. The van der Waals surface area contributed by atoms with Gasteiger partial charge in [-0.1, -0.05) is 37.8 Å². The number of halogens is 2. The summed E-state index contributed by atoms with van der Waals surface area (Å²) in [5.41, 5.74) is 1.15. The van der Waals surface area contributed by atoms with Gasteiger partial charge in [0.25, 0.3) is 0 Å². The van der Waals surface area contributed by atoms with Crippen molar-refractivity contribution in [1.82, 2.24) is 0 Å². The third-order valence-corrected chi connectivity index (χ3v) is 4.50. The number of unbranched alkanes of at least 4 members (excludes halogenated alkanes) is 2. The Hall–Kier alpha value is 0.280. The molecular formula is C11H16Cl2S. The van der Waals surface area contributed by atoms with Crippen LogP contribution in [0.15, 0.2) is 6.07 Å². The second-order valence-corrected chi connectivity index (χ2v) is 5.78. The zero-order valence-corrected chi connectivity index (χ0v) is 11.0. The molecule has 1 atom stereocenters. The Morgan fingerprint density at radius 2 is 2.14 bits per heavy atom. The van der Waals surface area contributed by atoms with Gasteiger partial charge in [-0.3, -0.25) is 0 Å². The molecule has 0 N–H and O–H groups in total. The monoisotopic (exact) mass is 250 g/mol. The van der Waals surface area contributed by atoms with E-state index in [0.717, 1.165) is 16.3 Å². The number of hydrogen-bond donors (Lipinski definition) is 0. The smallest absolute Gasteiger partial charge is 0.0960 e. The van der Waals surface area contributed by atoms with Gasteiger partial charge in [0, 0.05) is 4.88 Å². The molecule has 0 saturated carbocycles. The zero-order chi connectivity index (χ0) is 10.6. The van der Waals surface area contributed by atoms with Gasteiger partial charge in [-0.25, -0.2) is 0 Å². The minimum absolute atomic E-state index is 0.151. The van der Waals surface area contributed by atoms with Crippen molar-refractivity contribution in [2.75, 3.05) is 0 Å². The van der Waals surface area contributed by atoms with Crippen molar-refractivity contribution in [1.29, 1.82) is 0 Å². The summed E-state index contributed by atoms with van der Waals surface area (Å²) < 4.78 is 0.876. The molecule has 1 rings (SSSR count). The van der Waals surface area contributed by atoms with Crippen LogP contribution in [0.3, 0.4) is 0 Å². The molecule has 0 aliphatic heterocycles. The van der Waals surface area contributed by atoms with Crippen molar-refractivity contribution in [2.45, 2.75) is 44.9 Å². The predicted molar refractivity (Wildman–Crippen MR) is 66.8 cm³/mol. The summed E-state index contributed by atoms with van der Waals surface area (Å²) in [6, 6.07) is 2.11. The van der Waals surface area contributed by atoms with Crippen LogP contribution in [0, 0.1) is 6.92 Å². The summed E-state index contributed by atoms with van der Waals surface area (Å²) in [6.45, 7) is 4.23. The molecule has 0 amide bonds. The Bertz CT molecular complexity index is 261. The van der Waals surface area contributed by atoms with E-state index in [1.165, 1.54) is 24.1 Å². The van der Waals surface area contributed by atoms with Crippen LogP contribution in [0.4, 0.5) is 0 Å². The summed E-state index contributed by atoms with van der Waals surface area (Å²) in [5, 5.41) is 0.151. The first-order chi connectivity index (χ1) is 6.65. The van der Waals surface area contributed by atoms with Crippen molar-refractivity contribution in [2.24, 2.45) is 0 Å². The highest BCUT2D eigenvalue weighted by molar-refractivity contribution is 7.16. The van der Waals surface area contributed by atoms with Crippen molar-refractivity contribution in [3.63, 3.8) is 0 Å². The van der Waals surface area contributed by atoms with Gasteiger partial charge in [-0.05, 0) is 25.0 Å². The van der Waals surface area contributed by atoms with Crippen molar-refractivity contribution >= 4 is 34.5 Å². The van der Waals surface area contributed by atoms with E-state index in [2.05, 4.69) is 13.0 Å². The van der Waals surface area contributed by atoms with E-state index in [9.17, 15) is 0 Å². The Kier molecular flexibility index (Phi) is 5.29. The second kappa shape index (κ2) is 5.99. The SMILES string of the molecule is CCCCCC(Cl)c1cc(C)c(Cl)s1. The molecule has 1 heterocycles. The molecule has 0 fully saturated rings. The van der Waals surface area contributed by atoms with Crippen LogP contribution in [0.1, 0.15) is 48.4 Å². The van der Waals surface area contributed by atoms with Gasteiger partial charge in [0.1, 0.15) is 0 Å². The first kappa shape index (κ1) is 12.4. The summed E-state index contributed by atoms with van der Waals surface area (Å²) in [5.74, 6) is 0. The third-order valence-electron chi connectivity index (χ3n) is 2.25. The van der Waals surface area contributed by atoms with E-state index in [1.54, 1.807) is 11.3 Å². The van der Waals surface area contributed by atoms with Crippen LogP contribution in [0.2, 0.25) is 4.34 Å². The molecule has 0 aromatic carbocycles. The first-order valence-corrected chi connectivity index (χ1v) is 6.68. The van der Waals surface area contributed by atoms with Crippen molar-refractivity contribution < 1.29 is 0 Å². The number of aryl methyl sites for hydroxylation is 1. The summed E-state index contributed by atoms with van der Waals surface area (Å²) in [6.07, 6.45) is 4.78. The summed E-state index contributed by atoms with van der Waals surface area (Å²) >= 11 is 13.9. The van der Waals surface area contributed by atoms with Gasteiger partial charge in [0.2, 0.25) is 0 Å². The van der Waals surface area contributed by atoms with Crippen molar-refractivity contribution in [3.05, 3.63) is 20.8 Å². The lowest BCUT2D eigenvalue weighted by molar-refractivity contribution is 0.659. The normalized spacial score (nSPS) is 13.1. The minimum atomic E-state index is 0.151. The lowest BCUT2D eigenvalue weighted by atomic mass is 10.1. The van der Waals surface area contributed by atoms with E-state index in [1.807, 2.05) is 6.92 Å². The highest BCUT2D eigenvalue weighted by Gasteiger charge is 2.11. The molecular weight excluding hydrogens is 235 g/mol. The maximum Gasteiger partial charge on any atom is 0.0960 e. The second-order valence-electron chi connectivity index (χ2n) is 3.57. The molecule has 1 aromatic heterocycles. The molecule has 1 unspecified atom stereocenters. The molecule has 0 aliphatic carbocycles. The van der Waals surface area contributed by atoms with Gasteiger partial charge in [0.15, 0.2) is 0 Å². The molecule has 0 nitrogen and oxygen atoms in total. The van der Waals surface area contributed by atoms with Crippen LogP contribution in [-0.2, 0) is 0 Å². The lowest BCUT2D eigenvalue weighted by Crippen LogP contribution is -1.86. The average Bonchev–Trinajstić information content (AvgIpc) is 2.47. The standard InChI is InChI=1S/C11H16Cl2S/c1-3-4-5-6-9(12)10-7-8(2)11(13)14-10/h7,9H,3-6H2,1-2H3. The fourth-order valence-corrected chi connectivity index (χ4v) is 2.93. The van der Waals surface area contributed by atoms with Gasteiger partial charge in [0.05, 0.1) is 9.71 Å². The highest BCUT2D eigenvalue weighted by Crippen LogP contribution is 2.36. The van der Waals surface area contributed by atoms with E-state index >= 15 is 0 Å². The van der Waals surface area contributed by atoms with E-state index in [4.69, 9.17) is 23.2 Å². The Balaban J connectivity index is 2.47. The van der Waals surface area contributed by atoms with Crippen LogP contribution in [-0.4, -0.2) is 0 Å². The average molecular weight is 251 g/mol. The molecule has 0 spiro atoms. The first-order valence-electron chi connectivity index (χ1n) is 5.05. The minimum Gasteiger partial charge on any atom is -0.127 e. The number of rotatable bonds is 5. The molecule has 3 heteroatoms. The molecule has 0 saturated heterocycles. The van der Waals surface area contributed by atoms with E-state index < -0.39 is 0 Å². The lowest BCUT2D eigenvalue weighted by Gasteiger charge is -2.05. The van der Waals surface area contributed by atoms with Crippen LogP contribution < -0.4 is 0 Å². The Morgan fingerprint density at radius 3 is 2.64 bits per heavy atom. The number of thiophene rings is 1. The highest BCUT2D eigenvalue weighted by atomic mass is 35.5. The molecule has 80 valence electrons. The van der Waals surface area contributed by atoms with Crippen LogP contribution in [0.25, 0.3) is 0 Å². The topological polar surface area (TPSA) is 0 Å². The molecule has 14 heavy (non-hydrogen) atoms. The number of alkyl halides is 1. The van der Waals surface area contributed by atoms with Crippen molar-refractivity contribution in [3.8, 4) is 0 Å². The fraction of sp³-hybridized carbons (Fsp3) is 0.636. The van der Waals surface area contributed by atoms with Gasteiger partial charge < -0.3 is 0 Å². The zero-order valence-electron chi connectivity index (χ0n) is 8.65. The number of hydrogen-bond acceptors (Lipinski definition) is 1. The predicted octanol–water partition coefficient (Wildman–Crippen LogP) is 5.57. The third kappa shape index (κ3) is 3.45.